The molecule has 4 nitrogen and oxygen atoms in total. The molecule has 0 aromatic heterocycles. The van der Waals surface area contributed by atoms with Gasteiger partial charge in [0, 0.05) is 17.6 Å². The minimum Gasteiger partial charge on any atom is -0.375 e. The molecular weight excluding hydrogens is 338 g/mol. The van der Waals surface area contributed by atoms with Crippen LogP contribution in [0.2, 0.25) is 0 Å². The number of carbonyl (C=O) groups is 1. The molecule has 1 unspecified atom stereocenters. The molecule has 1 saturated heterocycles. The molecule has 2 rings (SSSR count). The fourth-order valence-corrected chi connectivity index (χ4v) is 2.11. The first-order valence-corrected chi connectivity index (χ1v) is 6.51. The van der Waals surface area contributed by atoms with Gasteiger partial charge in [0.25, 0.3) is 0 Å². The summed E-state index contributed by atoms with van der Waals surface area (Å²) in [5.41, 5.74) is 0.179. The maximum atomic E-state index is 13.4. The Kier molecular flexibility index (Phi) is 6.71. The zero-order valence-electron chi connectivity index (χ0n) is 10.1. The lowest BCUT2D eigenvalue weighted by Crippen LogP contribution is -2.40. The van der Waals surface area contributed by atoms with Crippen LogP contribution in [-0.2, 0) is 9.53 Å². The number of benzene rings is 1. The van der Waals surface area contributed by atoms with E-state index in [1.807, 2.05) is 0 Å². The third-order valence-corrected chi connectivity index (χ3v) is 3.11. The van der Waals surface area contributed by atoms with Gasteiger partial charge in [-0.15, -0.1) is 12.4 Å². The Hall–Kier alpha value is -0.690. The van der Waals surface area contributed by atoms with Gasteiger partial charge in [-0.2, -0.15) is 0 Å². The number of hydrogen-bond donors (Lipinski definition) is 2. The molecule has 7 heteroatoms. The molecule has 0 spiro atoms. The highest BCUT2D eigenvalue weighted by Crippen LogP contribution is 2.20. The Morgan fingerprint density at radius 2 is 2.37 bits per heavy atom. The molecule has 1 amide bonds. The Morgan fingerprint density at radius 3 is 3.05 bits per heavy atom. The highest BCUT2D eigenvalue weighted by molar-refractivity contribution is 9.10. The van der Waals surface area contributed by atoms with Crippen LogP contribution in [0.15, 0.2) is 22.7 Å². The van der Waals surface area contributed by atoms with Gasteiger partial charge in [0.2, 0.25) is 5.91 Å². The third kappa shape index (κ3) is 5.06. The molecule has 1 fully saturated rings. The van der Waals surface area contributed by atoms with Crippen LogP contribution in [0.1, 0.15) is 6.42 Å². The summed E-state index contributed by atoms with van der Waals surface area (Å²) in [5, 5.41) is 5.68. The zero-order valence-corrected chi connectivity index (χ0v) is 12.5. The van der Waals surface area contributed by atoms with Crippen molar-refractivity contribution in [1.82, 2.24) is 5.32 Å². The molecule has 0 saturated carbocycles. The Bertz CT molecular complexity index is 442. The number of halogens is 3. The van der Waals surface area contributed by atoms with Gasteiger partial charge in [0.1, 0.15) is 5.82 Å². The minimum absolute atomic E-state index is 0. The summed E-state index contributed by atoms with van der Waals surface area (Å²) in [7, 11) is 0. The monoisotopic (exact) mass is 352 g/mol. The molecule has 0 aliphatic carbocycles. The maximum absolute atomic E-state index is 13.4. The minimum atomic E-state index is -0.450. The van der Waals surface area contributed by atoms with E-state index in [0.29, 0.717) is 13.2 Å². The summed E-state index contributed by atoms with van der Waals surface area (Å²) in [6.45, 7) is 2.05. The van der Waals surface area contributed by atoms with Crippen molar-refractivity contribution in [2.75, 3.05) is 25.0 Å². The highest BCUT2D eigenvalue weighted by Gasteiger charge is 2.18. The lowest BCUT2D eigenvalue weighted by Gasteiger charge is -2.23. The average Bonchev–Trinajstić information content (AvgIpc) is 2.35. The number of ether oxygens (including phenoxy) is 1. The second-order valence-corrected chi connectivity index (χ2v) is 4.99. The summed E-state index contributed by atoms with van der Waals surface area (Å²) < 4.78 is 19.6. The van der Waals surface area contributed by atoms with Crippen molar-refractivity contribution in [2.45, 2.75) is 12.5 Å². The van der Waals surface area contributed by atoms with Crippen molar-refractivity contribution in [3.05, 3.63) is 28.5 Å². The topological polar surface area (TPSA) is 50.4 Å². The summed E-state index contributed by atoms with van der Waals surface area (Å²) >= 11 is 3.23. The fourth-order valence-electron chi connectivity index (χ4n) is 1.75. The van der Waals surface area contributed by atoms with E-state index >= 15 is 0 Å². The molecule has 2 N–H and O–H groups in total. The zero-order chi connectivity index (χ0) is 13.0. The summed E-state index contributed by atoms with van der Waals surface area (Å²) in [4.78, 5) is 11.7. The molecule has 1 heterocycles. The van der Waals surface area contributed by atoms with E-state index in [2.05, 4.69) is 26.6 Å². The lowest BCUT2D eigenvalue weighted by atomic mass is 10.2. The van der Waals surface area contributed by atoms with E-state index < -0.39 is 5.82 Å². The average molecular weight is 354 g/mol. The quantitative estimate of drug-likeness (QED) is 0.877. The first-order chi connectivity index (χ1) is 8.65. The van der Waals surface area contributed by atoms with Crippen LogP contribution in [0.4, 0.5) is 10.1 Å². The van der Waals surface area contributed by atoms with Crippen LogP contribution in [0, 0.1) is 5.82 Å². The first kappa shape index (κ1) is 16.4. The van der Waals surface area contributed by atoms with Gasteiger partial charge < -0.3 is 15.4 Å². The molecule has 1 aromatic rings. The van der Waals surface area contributed by atoms with Gasteiger partial charge in [0.05, 0.1) is 24.8 Å². The van der Waals surface area contributed by atoms with Gasteiger partial charge in [-0.1, -0.05) is 15.9 Å². The van der Waals surface area contributed by atoms with Crippen molar-refractivity contribution < 1.29 is 13.9 Å². The van der Waals surface area contributed by atoms with Crippen LogP contribution >= 0.6 is 28.3 Å². The largest absolute Gasteiger partial charge is 0.375 e. The number of amides is 1. The van der Waals surface area contributed by atoms with Crippen molar-refractivity contribution in [3.63, 3.8) is 0 Å². The Morgan fingerprint density at radius 1 is 1.58 bits per heavy atom. The van der Waals surface area contributed by atoms with Crippen molar-refractivity contribution in [2.24, 2.45) is 0 Å². The van der Waals surface area contributed by atoms with Crippen LogP contribution < -0.4 is 10.6 Å². The summed E-state index contributed by atoms with van der Waals surface area (Å²) in [6.07, 6.45) is 0.0767. The molecule has 19 heavy (non-hydrogen) atoms. The molecule has 0 bridgehead atoms. The number of rotatable bonds is 3. The summed E-state index contributed by atoms with van der Waals surface area (Å²) in [6, 6.07) is 4.42. The van der Waals surface area contributed by atoms with Gasteiger partial charge in [-0.3, -0.25) is 4.79 Å². The number of morpholine rings is 1. The second kappa shape index (κ2) is 7.79. The van der Waals surface area contributed by atoms with Crippen molar-refractivity contribution >= 4 is 39.9 Å². The fraction of sp³-hybridized carbons (Fsp3) is 0.417. The molecule has 106 valence electrons. The second-order valence-electron chi connectivity index (χ2n) is 4.07. The normalized spacial score (nSPS) is 18.5. The maximum Gasteiger partial charge on any atom is 0.227 e. The van der Waals surface area contributed by atoms with Gasteiger partial charge in [0.15, 0.2) is 0 Å². The highest BCUT2D eigenvalue weighted by atomic mass is 79.9. The van der Waals surface area contributed by atoms with E-state index in [-0.39, 0.29) is 36.5 Å². The van der Waals surface area contributed by atoms with Crippen LogP contribution in [-0.4, -0.2) is 31.7 Å². The number of nitrogens with one attached hydrogen (secondary N) is 2. The predicted molar refractivity (Wildman–Crippen MR) is 77.2 cm³/mol. The van der Waals surface area contributed by atoms with Crippen molar-refractivity contribution in [3.8, 4) is 0 Å². The van der Waals surface area contributed by atoms with E-state index in [1.54, 1.807) is 6.07 Å². The Labute approximate surface area is 125 Å². The van der Waals surface area contributed by atoms with E-state index in [1.165, 1.54) is 12.1 Å². The van der Waals surface area contributed by atoms with Crippen LogP contribution in [0.3, 0.4) is 0 Å². The molecular formula is C12H15BrClFN2O2. The molecule has 1 atom stereocenters. The molecule has 0 radical (unpaired) electrons. The Balaban J connectivity index is 0.00000180. The van der Waals surface area contributed by atoms with E-state index in [4.69, 9.17) is 4.74 Å². The van der Waals surface area contributed by atoms with Crippen molar-refractivity contribution in [1.29, 1.82) is 0 Å². The number of anilines is 1. The third-order valence-electron chi connectivity index (χ3n) is 2.62. The van der Waals surface area contributed by atoms with Gasteiger partial charge in [-0.25, -0.2) is 4.39 Å². The molecule has 1 aliphatic rings. The smallest absolute Gasteiger partial charge is 0.227 e. The van der Waals surface area contributed by atoms with Crippen LogP contribution in [0.25, 0.3) is 0 Å². The summed E-state index contributed by atoms with van der Waals surface area (Å²) in [5.74, 6) is -0.699. The van der Waals surface area contributed by atoms with E-state index in [9.17, 15) is 9.18 Å². The molecule has 1 aromatic carbocycles. The standard InChI is InChI=1S/C12H14BrFN2O2.ClH/c13-8-1-2-10(14)11(5-8)16-12(17)6-9-7-15-3-4-18-9;/h1-2,5,9,15H,3-4,6-7H2,(H,16,17);1H. The number of hydrogen-bond acceptors (Lipinski definition) is 3. The van der Waals surface area contributed by atoms with Gasteiger partial charge >= 0.3 is 0 Å². The van der Waals surface area contributed by atoms with Crippen LogP contribution in [0.5, 0.6) is 0 Å². The first-order valence-electron chi connectivity index (χ1n) is 5.72. The lowest BCUT2D eigenvalue weighted by molar-refractivity contribution is -0.119. The van der Waals surface area contributed by atoms with E-state index in [0.717, 1.165) is 11.0 Å². The predicted octanol–water partition coefficient (Wildman–Crippen LogP) is 2.33. The number of carbonyl (C=O) groups excluding carboxylic acids is 1. The molecule has 1 aliphatic heterocycles. The van der Waals surface area contributed by atoms with Gasteiger partial charge in [-0.05, 0) is 18.2 Å². The SMILES string of the molecule is Cl.O=C(CC1CNCCO1)Nc1cc(Br)ccc1F.